The number of ether oxygens (including phenoxy) is 1. The van der Waals surface area contributed by atoms with Crippen LogP contribution in [0.4, 0.5) is 11.6 Å². The zero-order valence-corrected chi connectivity index (χ0v) is 15.7. The second kappa shape index (κ2) is 8.09. The number of aromatic nitrogens is 4. The summed E-state index contributed by atoms with van der Waals surface area (Å²) in [6.07, 6.45) is 0.170. The van der Waals surface area contributed by atoms with Gasteiger partial charge in [0.15, 0.2) is 22.5 Å². The van der Waals surface area contributed by atoms with E-state index in [0.717, 1.165) is 11.0 Å². The lowest BCUT2D eigenvalue weighted by Gasteiger charge is -2.10. The molecule has 2 aromatic heterocycles. The Morgan fingerprint density at radius 1 is 1.18 bits per heavy atom. The number of nitrogen functional groups attached to an aromatic ring is 2. The molecule has 10 nitrogen and oxygen atoms in total. The summed E-state index contributed by atoms with van der Waals surface area (Å²) in [5.41, 5.74) is 12.7. The number of carbonyl (C=O) groups is 2. The van der Waals surface area contributed by atoms with Gasteiger partial charge in [0.25, 0.3) is 5.91 Å². The fraction of sp³-hybridized carbons (Fsp3) is 0.235. The van der Waals surface area contributed by atoms with Crippen LogP contribution in [-0.4, -0.2) is 38.5 Å². The Kier molecular flexibility index (Phi) is 5.59. The average Bonchev–Trinajstić information content (AvgIpc) is 3.04. The number of nitrogens with zero attached hydrogens (tertiary/aromatic N) is 4. The number of hydrogen-bond acceptors (Lipinski definition) is 8. The van der Waals surface area contributed by atoms with E-state index >= 15 is 0 Å². The molecule has 5 N–H and O–H groups in total. The first-order valence-corrected chi connectivity index (χ1v) is 8.66. The Morgan fingerprint density at radius 2 is 1.93 bits per heavy atom. The fourth-order valence-electron chi connectivity index (χ4n) is 2.67. The number of aryl methyl sites for hydroxylation is 1. The molecular formula is C17H18ClN7O3. The predicted molar refractivity (Wildman–Crippen MR) is 103 cm³/mol. The van der Waals surface area contributed by atoms with Crippen molar-refractivity contribution in [2.45, 2.75) is 19.5 Å². The fourth-order valence-corrected chi connectivity index (χ4v) is 2.79. The summed E-state index contributed by atoms with van der Waals surface area (Å²) in [5, 5.41) is 2.58. The lowest BCUT2D eigenvalue weighted by molar-refractivity contribution is -0.140. The van der Waals surface area contributed by atoms with Crippen LogP contribution in [0, 0.1) is 0 Å². The molecule has 3 aromatic rings. The number of para-hydroxylation sites is 2. The minimum Gasteiger partial charge on any atom is -0.469 e. The number of esters is 1. The van der Waals surface area contributed by atoms with Gasteiger partial charge in [0.2, 0.25) is 0 Å². The molecule has 1 amide bonds. The first-order chi connectivity index (χ1) is 13.4. The van der Waals surface area contributed by atoms with Gasteiger partial charge in [-0.1, -0.05) is 23.7 Å². The van der Waals surface area contributed by atoms with Gasteiger partial charge in [0, 0.05) is 6.54 Å². The molecule has 0 fully saturated rings. The van der Waals surface area contributed by atoms with Crippen LogP contribution >= 0.6 is 11.6 Å². The number of carbonyl (C=O) groups excluding carboxylic acids is 2. The number of fused-ring (bicyclic) bond motifs is 1. The van der Waals surface area contributed by atoms with Crippen LogP contribution in [-0.2, 0) is 22.6 Å². The van der Waals surface area contributed by atoms with Crippen molar-refractivity contribution in [1.29, 1.82) is 0 Å². The van der Waals surface area contributed by atoms with Gasteiger partial charge in [-0.05, 0) is 12.1 Å². The zero-order chi connectivity index (χ0) is 20.3. The smallest absolute Gasteiger partial charge is 0.307 e. The van der Waals surface area contributed by atoms with Gasteiger partial charge in [-0.15, -0.1) is 0 Å². The maximum absolute atomic E-state index is 12.4. The highest BCUT2D eigenvalue weighted by Gasteiger charge is 2.18. The van der Waals surface area contributed by atoms with E-state index in [1.54, 1.807) is 0 Å². The summed E-state index contributed by atoms with van der Waals surface area (Å²) in [5.74, 6) is -0.531. The molecule has 0 saturated carbocycles. The van der Waals surface area contributed by atoms with Crippen LogP contribution in [0.5, 0.6) is 0 Å². The number of benzene rings is 1. The topological polar surface area (TPSA) is 151 Å². The Balaban J connectivity index is 1.83. The maximum atomic E-state index is 12.4. The van der Waals surface area contributed by atoms with E-state index in [1.165, 1.54) is 7.11 Å². The number of nitrogens with two attached hydrogens (primary N) is 2. The second-order valence-corrected chi connectivity index (χ2v) is 6.17. The van der Waals surface area contributed by atoms with Crippen LogP contribution in [0.2, 0.25) is 5.15 Å². The molecule has 28 heavy (non-hydrogen) atoms. The summed E-state index contributed by atoms with van der Waals surface area (Å²) >= 11 is 5.82. The number of methoxy groups -OCH3 is 1. The molecule has 1 aromatic carbocycles. The number of imidazole rings is 1. The van der Waals surface area contributed by atoms with Gasteiger partial charge in [0.1, 0.15) is 5.82 Å². The standard InChI is InChI=1S/C17H18ClN7O3/c1-28-12(26)6-7-25-10-5-3-2-4-9(10)22-11(25)8-21-17(27)13-15(19)24-16(20)14(18)23-13/h2-5H,6-8H2,1H3,(H,21,27)(H4,19,20,24). The predicted octanol–water partition coefficient (Wildman–Crippen LogP) is 1.14. The number of amides is 1. The number of nitrogens with one attached hydrogen (secondary N) is 1. The summed E-state index contributed by atoms with van der Waals surface area (Å²) in [6, 6.07) is 7.45. The van der Waals surface area contributed by atoms with E-state index in [1.807, 2.05) is 28.8 Å². The summed E-state index contributed by atoms with van der Waals surface area (Å²) in [6.45, 7) is 0.436. The highest BCUT2D eigenvalue weighted by atomic mass is 35.5. The molecule has 146 valence electrons. The van der Waals surface area contributed by atoms with E-state index in [-0.39, 0.29) is 41.4 Å². The Hall–Kier alpha value is -3.40. The quantitative estimate of drug-likeness (QED) is 0.518. The molecular weight excluding hydrogens is 386 g/mol. The average molecular weight is 404 g/mol. The maximum Gasteiger partial charge on any atom is 0.307 e. The van der Waals surface area contributed by atoms with Gasteiger partial charge >= 0.3 is 5.97 Å². The number of halogens is 1. The van der Waals surface area contributed by atoms with E-state index in [2.05, 4.69) is 20.3 Å². The zero-order valence-electron chi connectivity index (χ0n) is 15.0. The second-order valence-electron chi connectivity index (χ2n) is 5.81. The van der Waals surface area contributed by atoms with Crippen molar-refractivity contribution in [3.63, 3.8) is 0 Å². The van der Waals surface area contributed by atoms with Crippen molar-refractivity contribution >= 4 is 46.1 Å². The molecule has 0 aliphatic heterocycles. The number of hydrogen-bond donors (Lipinski definition) is 3. The summed E-state index contributed by atoms with van der Waals surface area (Å²) < 4.78 is 6.54. The third kappa shape index (κ3) is 3.96. The van der Waals surface area contributed by atoms with Crippen molar-refractivity contribution in [2.75, 3.05) is 18.6 Å². The largest absolute Gasteiger partial charge is 0.469 e. The lowest BCUT2D eigenvalue weighted by Crippen LogP contribution is -2.27. The van der Waals surface area contributed by atoms with Crippen LogP contribution in [0.1, 0.15) is 22.7 Å². The third-order valence-electron chi connectivity index (χ3n) is 4.03. The first kappa shape index (κ1) is 19.4. The van der Waals surface area contributed by atoms with Crippen LogP contribution in [0.25, 0.3) is 11.0 Å². The van der Waals surface area contributed by atoms with E-state index in [0.29, 0.717) is 12.4 Å². The molecule has 11 heteroatoms. The minimum absolute atomic E-state index is 0.0553. The molecule has 3 rings (SSSR count). The van der Waals surface area contributed by atoms with Gasteiger partial charge in [-0.3, -0.25) is 9.59 Å². The summed E-state index contributed by atoms with van der Waals surface area (Å²) in [7, 11) is 1.33. The minimum atomic E-state index is -0.571. The molecule has 0 radical (unpaired) electrons. The van der Waals surface area contributed by atoms with E-state index in [9.17, 15) is 9.59 Å². The van der Waals surface area contributed by atoms with Gasteiger partial charge in [-0.25, -0.2) is 15.0 Å². The Morgan fingerprint density at radius 3 is 2.68 bits per heavy atom. The highest BCUT2D eigenvalue weighted by molar-refractivity contribution is 6.31. The van der Waals surface area contributed by atoms with Crippen LogP contribution < -0.4 is 16.8 Å². The molecule has 0 aliphatic rings. The van der Waals surface area contributed by atoms with Crippen molar-refractivity contribution < 1.29 is 14.3 Å². The Bertz CT molecular complexity index is 1050. The van der Waals surface area contributed by atoms with Crippen molar-refractivity contribution in [2.24, 2.45) is 0 Å². The van der Waals surface area contributed by atoms with Gasteiger partial charge in [0.05, 0.1) is 31.1 Å². The molecule has 0 atom stereocenters. The Labute approximate surface area is 164 Å². The molecule has 0 bridgehead atoms. The lowest BCUT2D eigenvalue weighted by atomic mass is 10.3. The number of rotatable bonds is 6. The monoisotopic (exact) mass is 403 g/mol. The van der Waals surface area contributed by atoms with Crippen molar-refractivity contribution in [1.82, 2.24) is 24.8 Å². The molecule has 2 heterocycles. The van der Waals surface area contributed by atoms with E-state index in [4.69, 9.17) is 27.8 Å². The SMILES string of the molecule is COC(=O)CCn1c(CNC(=O)c2nc(Cl)c(N)nc2N)nc2ccccc21. The van der Waals surface area contributed by atoms with Crippen molar-refractivity contribution in [3.8, 4) is 0 Å². The summed E-state index contributed by atoms with van der Waals surface area (Å²) in [4.78, 5) is 36.1. The van der Waals surface area contributed by atoms with Crippen molar-refractivity contribution in [3.05, 3.63) is 40.9 Å². The third-order valence-corrected chi connectivity index (χ3v) is 4.31. The number of anilines is 2. The van der Waals surface area contributed by atoms with Crippen LogP contribution in [0.3, 0.4) is 0 Å². The highest BCUT2D eigenvalue weighted by Crippen LogP contribution is 2.19. The molecule has 0 aliphatic carbocycles. The molecule has 0 spiro atoms. The molecule has 0 unspecified atom stereocenters. The van der Waals surface area contributed by atoms with Gasteiger partial charge < -0.3 is 26.1 Å². The first-order valence-electron chi connectivity index (χ1n) is 8.28. The normalized spacial score (nSPS) is 10.8. The van der Waals surface area contributed by atoms with Crippen LogP contribution in [0.15, 0.2) is 24.3 Å². The molecule has 0 saturated heterocycles. The van der Waals surface area contributed by atoms with E-state index < -0.39 is 5.91 Å². The van der Waals surface area contributed by atoms with Gasteiger partial charge in [-0.2, -0.15) is 0 Å².